The number of hydrogen-bond donors (Lipinski definition) is 1. The van der Waals surface area contributed by atoms with Crippen molar-refractivity contribution in [3.05, 3.63) is 23.3 Å². The number of rotatable bonds is 7. The highest BCUT2D eigenvalue weighted by atomic mass is 32.2. The SMILES string of the molecule is COCCCNC(=O)[C@H]1CS[C@@H]2c3ccc(OC)c(OC)c3C(=O)N12. The molecule has 2 heterocycles. The van der Waals surface area contributed by atoms with Crippen LogP contribution in [0.1, 0.15) is 27.7 Å². The van der Waals surface area contributed by atoms with E-state index in [1.807, 2.05) is 6.07 Å². The topological polar surface area (TPSA) is 77.1 Å². The Balaban J connectivity index is 1.81. The lowest BCUT2D eigenvalue weighted by molar-refractivity contribution is -0.124. The van der Waals surface area contributed by atoms with Gasteiger partial charge in [-0.25, -0.2) is 0 Å². The number of fused-ring (bicyclic) bond motifs is 3. The molecule has 0 saturated carbocycles. The van der Waals surface area contributed by atoms with E-state index in [1.54, 1.807) is 29.8 Å². The van der Waals surface area contributed by atoms with Gasteiger partial charge < -0.3 is 24.4 Å². The van der Waals surface area contributed by atoms with E-state index >= 15 is 0 Å². The van der Waals surface area contributed by atoms with Gasteiger partial charge in [0.25, 0.3) is 5.91 Å². The number of ether oxygens (including phenoxy) is 3. The van der Waals surface area contributed by atoms with Crippen LogP contribution in [0.3, 0.4) is 0 Å². The van der Waals surface area contributed by atoms with Crippen molar-refractivity contribution in [2.45, 2.75) is 17.8 Å². The summed E-state index contributed by atoms with van der Waals surface area (Å²) >= 11 is 1.60. The highest BCUT2D eigenvalue weighted by molar-refractivity contribution is 7.99. The molecular weight excluding hydrogens is 344 g/mol. The summed E-state index contributed by atoms with van der Waals surface area (Å²) in [6.07, 6.45) is 0.741. The molecule has 136 valence electrons. The maximum Gasteiger partial charge on any atom is 0.260 e. The van der Waals surface area contributed by atoms with Crippen LogP contribution in [0.25, 0.3) is 0 Å². The van der Waals surface area contributed by atoms with E-state index in [-0.39, 0.29) is 17.2 Å². The third-order valence-corrected chi connectivity index (χ3v) is 5.72. The molecule has 1 aromatic carbocycles. The predicted octanol–water partition coefficient (Wildman–Crippen LogP) is 1.43. The Hall–Kier alpha value is -1.93. The normalized spacial score (nSPS) is 21.1. The molecule has 1 N–H and O–H groups in total. The molecule has 8 heteroatoms. The van der Waals surface area contributed by atoms with Gasteiger partial charge in [0.15, 0.2) is 11.5 Å². The fourth-order valence-electron chi connectivity index (χ4n) is 3.24. The van der Waals surface area contributed by atoms with Gasteiger partial charge in [-0.15, -0.1) is 11.8 Å². The number of nitrogens with one attached hydrogen (secondary N) is 1. The van der Waals surface area contributed by atoms with Crippen LogP contribution in [0.4, 0.5) is 0 Å². The molecule has 1 aromatic rings. The molecule has 0 aromatic heterocycles. The van der Waals surface area contributed by atoms with Crippen LogP contribution in [-0.4, -0.2) is 63.0 Å². The van der Waals surface area contributed by atoms with E-state index in [1.165, 1.54) is 14.2 Å². The number of carbonyl (C=O) groups is 2. The van der Waals surface area contributed by atoms with Gasteiger partial charge in [0.2, 0.25) is 5.91 Å². The first kappa shape index (κ1) is 17.9. The zero-order valence-electron chi connectivity index (χ0n) is 14.5. The van der Waals surface area contributed by atoms with Crippen LogP contribution in [0.15, 0.2) is 12.1 Å². The van der Waals surface area contributed by atoms with E-state index < -0.39 is 6.04 Å². The summed E-state index contributed by atoms with van der Waals surface area (Å²) in [7, 11) is 4.68. The molecule has 0 unspecified atom stereocenters. The Morgan fingerprint density at radius 3 is 2.80 bits per heavy atom. The molecule has 2 aliphatic rings. The van der Waals surface area contributed by atoms with Crippen molar-refractivity contribution in [1.82, 2.24) is 10.2 Å². The Bertz CT molecular complexity index is 681. The molecule has 1 fully saturated rings. The standard InChI is InChI=1S/C17H22N2O5S/c1-22-8-4-7-18-15(20)11-9-25-17-10-5-6-12(23-2)14(24-3)13(10)16(21)19(11)17/h5-6,11,17H,4,7-9H2,1-3H3,(H,18,20)/t11-,17-/m1/s1. The first-order valence-electron chi connectivity index (χ1n) is 8.09. The van der Waals surface area contributed by atoms with E-state index in [0.29, 0.717) is 36.0 Å². The van der Waals surface area contributed by atoms with Gasteiger partial charge in [0.1, 0.15) is 11.4 Å². The minimum atomic E-state index is -0.479. The van der Waals surface area contributed by atoms with Gasteiger partial charge >= 0.3 is 0 Å². The first-order chi connectivity index (χ1) is 12.1. The van der Waals surface area contributed by atoms with Crippen molar-refractivity contribution < 1.29 is 23.8 Å². The Morgan fingerprint density at radius 2 is 2.12 bits per heavy atom. The number of hydrogen-bond acceptors (Lipinski definition) is 6. The van der Waals surface area contributed by atoms with E-state index in [4.69, 9.17) is 14.2 Å². The molecule has 3 rings (SSSR count). The molecule has 0 spiro atoms. The van der Waals surface area contributed by atoms with Crippen LogP contribution < -0.4 is 14.8 Å². The van der Waals surface area contributed by atoms with Crippen molar-refractivity contribution >= 4 is 23.6 Å². The molecule has 25 heavy (non-hydrogen) atoms. The average Bonchev–Trinajstić information content (AvgIpc) is 3.18. The molecule has 0 aliphatic carbocycles. The summed E-state index contributed by atoms with van der Waals surface area (Å²) in [4.78, 5) is 27.2. The number of nitrogens with zero attached hydrogens (tertiary/aromatic N) is 1. The van der Waals surface area contributed by atoms with Gasteiger partial charge in [0.05, 0.1) is 19.8 Å². The van der Waals surface area contributed by atoms with Crippen LogP contribution >= 0.6 is 11.8 Å². The largest absolute Gasteiger partial charge is 0.493 e. The minimum Gasteiger partial charge on any atom is -0.493 e. The lowest BCUT2D eigenvalue weighted by Gasteiger charge is -2.22. The second kappa shape index (κ2) is 7.53. The van der Waals surface area contributed by atoms with Gasteiger partial charge in [-0.3, -0.25) is 9.59 Å². The molecule has 2 amide bonds. The number of amides is 2. The summed E-state index contributed by atoms with van der Waals surface area (Å²) in [6.45, 7) is 1.12. The number of thioether (sulfide) groups is 1. The fraction of sp³-hybridized carbons (Fsp3) is 0.529. The summed E-state index contributed by atoms with van der Waals surface area (Å²) in [5.41, 5.74) is 1.37. The van der Waals surface area contributed by atoms with E-state index in [2.05, 4.69) is 5.32 Å². The van der Waals surface area contributed by atoms with Crippen molar-refractivity contribution in [2.75, 3.05) is 40.2 Å². The minimum absolute atomic E-state index is 0.127. The highest BCUT2D eigenvalue weighted by Crippen LogP contribution is 2.52. The number of carbonyl (C=O) groups excluding carboxylic acids is 2. The fourth-order valence-corrected chi connectivity index (χ4v) is 4.70. The molecule has 1 saturated heterocycles. The van der Waals surface area contributed by atoms with Crippen molar-refractivity contribution in [2.24, 2.45) is 0 Å². The smallest absolute Gasteiger partial charge is 0.260 e. The zero-order chi connectivity index (χ0) is 18.0. The summed E-state index contributed by atoms with van der Waals surface area (Å²) in [5.74, 6) is 1.22. The monoisotopic (exact) mass is 366 g/mol. The van der Waals surface area contributed by atoms with Crippen LogP contribution in [-0.2, 0) is 9.53 Å². The van der Waals surface area contributed by atoms with Crippen molar-refractivity contribution in [3.63, 3.8) is 0 Å². The molecular formula is C17H22N2O5S. The molecule has 2 aliphatic heterocycles. The number of benzene rings is 1. The van der Waals surface area contributed by atoms with E-state index in [0.717, 1.165) is 12.0 Å². The Morgan fingerprint density at radius 1 is 1.32 bits per heavy atom. The first-order valence-corrected chi connectivity index (χ1v) is 9.14. The molecule has 7 nitrogen and oxygen atoms in total. The predicted molar refractivity (Wildman–Crippen MR) is 94.2 cm³/mol. The molecule has 0 bridgehead atoms. The average molecular weight is 366 g/mol. The highest BCUT2D eigenvalue weighted by Gasteiger charge is 2.50. The van der Waals surface area contributed by atoms with Gasteiger partial charge in [0, 0.05) is 31.6 Å². The van der Waals surface area contributed by atoms with Crippen LogP contribution in [0.5, 0.6) is 11.5 Å². The quantitative estimate of drug-likeness (QED) is 0.736. The summed E-state index contributed by atoms with van der Waals surface area (Å²) in [5, 5.41) is 2.73. The Labute approximate surface area is 151 Å². The lowest BCUT2D eigenvalue weighted by atomic mass is 10.1. The number of methoxy groups -OCH3 is 3. The van der Waals surface area contributed by atoms with Gasteiger partial charge in [-0.1, -0.05) is 6.07 Å². The zero-order valence-corrected chi connectivity index (χ0v) is 15.4. The van der Waals surface area contributed by atoms with Crippen molar-refractivity contribution in [1.29, 1.82) is 0 Å². The molecule has 2 atom stereocenters. The summed E-state index contributed by atoms with van der Waals surface area (Å²) in [6, 6.07) is 3.20. The maximum atomic E-state index is 13.0. The van der Waals surface area contributed by atoms with Crippen LogP contribution in [0, 0.1) is 0 Å². The van der Waals surface area contributed by atoms with Crippen molar-refractivity contribution in [3.8, 4) is 11.5 Å². The third kappa shape index (κ3) is 3.04. The third-order valence-electron chi connectivity index (χ3n) is 4.42. The second-order valence-corrected chi connectivity index (χ2v) is 6.93. The second-order valence-electron chi connectivity index (χ2n) is 5.82. The Kier molecular flexibility index (Phi) is 5.39. The summed E-state index contributed by atoms with van der Waals surface area (Å²) < 4.78 is 15.7. The molecule has 0 radical (unpaired) electrons. The van der Waals surface area contributed by atoms with Crippen LogP contribution in [0.2, 0.25) is 0 Å². The van der Waals surface area contributed by atoms with Gasteiger partial charge in [-0.2, -0.15) is 0 Å². The lowest BCUT2D eigenvalue weighted by Crippen LogP contribution is -2.46. The maximum absolute atomic E-state index is 13.0. The van der Waals surface area contributed by atoms with E-state index in [9.17, 15) is 9.59 Å². The van der Waals surface area contributed by atoms with Gasteiger partial charge in [-0.05, 0) is 12.5 Å².